The Morgan fingerprint density at radius 1 is 1.04 bits per heavy atom. The summed E-state index contributed by atoms with van der Waals surface area (Å²) in [6.45, 7) is 2.48. The predicted octanol–water partition coefficient (Wildman–Crippen LogP) is 4.18. The molecule has 1 unspecified atom stereocenters. The van der Waals surface area contributed by atoms with E-state index in [4.69, 9.17) is 11.6 Å². The highest BCUT2D eigenvalue weighted by molar-refractivity contribution is 6.31. The minimum atomic E-state index is -0.409. The number of nitrogens with one attached hydrogen (secondary N) is 1. The van der Waals surface area contributed by atoms with Gasteiger partial charge < -0.3 is 10.2 Å². The van der Waals surface area contributed by atoms with Gasteiger partial charge in [0.05, 0.1) is 6.67 Å². The number of anilines is 1. The molecule has 1 aliphatic carbocycles. The lowest BCUT2D eigenvalue weighted by Gasteiger charge is -2.45. The van der Waals surface area contributed by atoms with E-state index in [1.165, 1.54) is 11.1 Å². The number of hydrogen-bond donors (Lipinski definition) is 1. The number of amides is 1. The third kappa shape index (κ3) is 2.99. The molecule has 2 aromatic rings. The Morgan fingerprint density at radius 3 is 2.54 bits per heavy atom. The highest BCUT2D eigenvalue weighted by Crippen LogP contribution is 2.43. The molecule has 4 nitrogen and oxygen atoms in total. The molecule has 0 radical (unpaired) electrons. The minimum Gasteiger partial charge on any atom is -0.339 e. The van der Waals surface area contributed by atoms with Crippen molar-refractivity contribution in [3.63, 3.8) is 0 Å². The monoisotopic (exact) mass is 417 g/mol. The van der Waals surface area contributed by atoms with E-state index >= 15 is 0 Å². The van der Waals surface area contributed by atoms with Crippen molar-refractivity contribution in [3.8, 4) is 0 Å². The van der Waals surface area contributed by atoms with Crippen LogP contribution in [0.15, 0.2) is 48.5 Å². The van der Waals surface area contributed by atoms with E-state index in [0.29, 0.717) is 12.7 Å². The lowest BCUT2D eigenvalue weighted by molar-refractivity contribution is -0.125. The average molecular weight is 418 g/mol. The molecule has 1 N–H and O–H groups in total. The van der Waals surface area contributed by atoms with E-state index in [9.17, 15) is 4.79 Å². The fourth-order valence-corrected chi connectivity index (χ4v) is 5.48. The summed E-state index contributed by atoms with van der Waals surface area (Å²) in [5, 5.41) is 3.98. The van der Waals surface area contributed by atoms with E-state index in [-0.39, 0.29) is 18.3 Å². The number of halogens is 2. The molecular formula is C22H25Cl2N3O. The number of benzene rings is 2. The first-order valence-electron chi connectivity index (χ1n) is 9.81. The molecule has 1 spiro atoms. The number of piperidine rings is 1. The van der Waals surface area contributed by atoms with Crippen LogP contribution in [0.1, 0.15) is 36.4 Å². The second-order valence-electron chi connectivity index (χ2n) is 7.86. The first kappa shape index (κ1) is 19.6. The van der Waals surface area contributed by atoms with Gasteiger partial charge in [0.15, 0.2) is 0 Å². The van der Waals surface area contributed by atoms with Crippen LogP contribution in [0.25, 0.3) is 0 Å². The first-order chi connectivity index (χ1) is 13.2. The summed E-state index contributed by atoms with van der Waals surface area (Å²) in [7, 11) is 0. The molecule has 3 aliphatic rings. The Labute approximate surface area is 177 Å². The van der Waals surface area contributed by atoms with Gasteiger partial charge in [0.25, 0.3) is 0 Å². The third-order valence-electron chi connectivity index (χ3n) is 6.65. The van der Waals surface area contributed by atoms with Crippen LogP contribution >= 0.6 is 24.0 Å². The van der Waals surface area contributed by atoms with Gasteiger partial charge in [0.2, 0.25) is 5.91 Å². The topological polar surface area (TPSA) is 35.6 Å². The van der Waals surface area contributed by atoms with E-state index in [0.717, 1.165) is 49.5 Å². The van der Waals surface area contributed by atoms with Gasteiger partial charge in [-0.2, -0.15) is 0 Å². The zero-order valence-corrected chi connectivity index (χ0v) is 17.3. The van der Waals surface area contributed by atoms with Crippen LogP contribution < -0.4 is 10.2 Å². The SMILES string of the molecule is Cl.O=C1NCN(c2ccccc2)C12CCN(C1CCc3c(Cl)cccc31)CC2. The summed E-state index contributed by atoms with van der Waals surface area (Å²) in [5.74, 6) is 0.181. The lowest BCUT2D eigenvalue weighted by Crippen LogP contribution is -2.56. The van der Waals surface area contributed by atoms with E-state index in [1.54, 1.807) is 0 Å². The smallest absolute Gasteiger partial charge is 0.247 e. The molecule has 2 fully saturated rings. The summed E-state index contributed by atoms with van der Waals surface area (Å²) < 4.78 is 0. The molecular weight excluding hydrogens is 393 g/mol. The zero-order valence-electron chi connectivity index (χ0n) is 15.7. The molecule has 1 atom stereocenters. The second kappa shape index (κ2) is 7.58. The van der Waals surface area contributed by atoms with Crippen LogP contribution in [-0.4, -0.2) is 36.1 Å². The quantitative estimate of drug-likeness (QED) is 0.795. The molecule has 0 aromatic heterocycles. The van der Waals surface area contributed by atoms with E-state index in [1.807, 2.05) is 24.3 Å². The number of carbonyl (C=O) groups excluding carboxylic acids is 1. The number of fused-ring (bicyclic) bond motifs is 1. The number of nitrogens with zero attached hydrogens (tertiary/aromatic N) is 2. The number of para-hydroxylation sites is 1. The van der Waals surface area contributed by atoms with Crippen molar-refractivity contribution in [2.24, 2.45) is 0 Å². The van der Waals surface area contributed by atoms with Crippen molar-refractivity contribution in [2.75, 3.05) is 24.7 Å². The Hall–Kier alpha value is -1.75. The molecule has 1 amide bonds. The molecule has 0 saturated carbocycles. The first-order valence-corrected chi connectivity index (χ1v) is 10.2. The minimum absolute atomic E-state index is 0. The van der Waals surface area contributed by atoms with Crippen LogP contribution in [0.3, 0.4) is 0 Å². The number of rotatable bonds is 2. The molecule has 148 valence electrons. The van der Waals surface area contributed by atoms with Crippen molar-refractivity contribution in [2.45, 2.75) is 37.3 Å². The number of carbonyl (C=O) groups is 1. The Kier molecular flexibility index (Phi) is 5.30. The largest absolute Gasteiger partial charge is 0.339 e. The standard InChI is InChI=1S/C22H24ClN3O.ClH/c23-19-8-4-7-18-17(19)9-10-20(18)25-13-11-22(12-14-25)21(27)24-15-26(22)16-5-2-1-3-6-16;/h1-8,20H,9-15H2,(H,24,27);1H. The fourth-order valence-electron chi connectivity index (χ4n) is 5.21. The van der Waals surface area contributed by atoms with Gasteiger partial charge in [-0.1, -0.05) is 41.9 Å². The fraction of sp³-hybridized carbons (Fsp3) is 0.409. The third-order valence-corrected chi connectivity index (χ3v) is 7.01. The van der Waals surface area contributed by atoms with E-state index in [2.05, 4.69) is 39.4 Å². The molecule has 2 saturated heterocycles. The normalized spacial score (nSPS) is 23.4. The molecule has 2 heterocycles. The molecule has 5 rings (SSSR count). The summed E-state index contributed by atoms with van der Waals surface area (Å²) in [4.78, 5) is 17.6. The van der Waals surface area contributed by atoms with Crippen molar-refractivity contribution < 1.29 is 4.79 Å². The Bertz CT molecular complexity index is 865. The number of likely N-dealkylation sites (tertiary alicyclic amines) is 1. The average Bonchev–Trinajstić information content (AvgIpc) is 3.27. The van der Waals surface area contributed by atoms with Crippen LogP contribution in [0, 0.1) is 0 Å². The summed E-state index contributed by atoms with van der Waals surface area (Å²) in [6.07, 6.45) is 3.90. The van der Waals surface area contributed by atoms with Gasteiger partial charge in [0.1, 0.15) is 5.54 Å². The highest BCUT2D eigenvalue weighted by atomic mass is 35.5. The molecule has 2 aromatic carbocycles. The van der Waals surface area contributed by atoms with Gasteiger partial charge in [-0.3, -0.25) is 9.69 Å². The van der Waals surface area contributed by atoms with Crippen LogP contribution in [0.5, 0.6) is 0 Å². The maximum absolute atomic E-state index is 12.8. The maximum atomic E-state index is 12.8. The van der Waals surface area contributed by atoms with Gasteiger partial charge in [0, 0.05) is 29.8 Å². The highest BCUT2D eigenvalue weighted by Gasteiger charge is 2.51. The van der Waals surface area contributed by atoms with Crippen molar-refractivity contribution in [1.82, 2.24) is 10.2 Å². The van der Waals surface area contributed by atoms with Gasteiger partial charge in [-0.05, 0) is 55.0 Å². The maximum Gasteiger partial charge on any atom is 0.247 e. The molecule has 28 heavy (non-hydrogen) atoms. The lowest BCUT2D eigenvalue weighted by atomic mass is 9.84. The molecule has 0 bridgehead atoms. The van der Waals surface area contributed by atoms with Crippen molar-refractivity contribution in [1.29, 1.82) is 0 Å². The van der Waals surface area contributed by atoms with Gasteiger partial charge in [-0.15, -0.1) is 12.4 Å². The van der Waals surface area contributed by atoms with Gasteiger partial charge >= 0.3 is 0 Å². The van der Waals surface area contributed by atoms with Crippen molar-refractivity contribution in [3.05, 3.63) is 64.7 Å². The summed E-state index contributed by atoms with van der Waals surface area (Å²) in [5.41, 5.74) is 3.42. The van der Waals surface area contributed by atoms with Crippen molar-refractivity contribution >= 4 is 35.6 Å². The second-order valence-corrected chi connectivity index (χ2v) is 8.26. The van der Waals surface area contributed by atoms with Crippen LogP contribution in [0.2, 0.25) is 5.02 Å². The summed E-state index contributed by atoms with van der Waals surface area (Å²) in [6, 6.07) is 17.0. The summed E-state index contributed by atoms with van der Waals surface area (Å²) >= 11 is 6.40. The van der Waals surface area contributed by atoms with Gasteiger partial charge in [-0.25, -0.2) is 0 Å². The predicted molar refractivity (Wildman–Crippen MR) is 115 cm³/mol. The van der Waals surface area contributed by atoms with Crippen LogP contribution in [0.4, 0.5) is 5.69 Å². The Balaban J connectivity index is 0.00000192. The molecule has 2 aliphatic heterocycles. The molecule has 6 heteroatoms. The zero-order chi connectivity index (χ0) is 18.4. The Morgan fingerprint density at radius 2 is 1.79 bits per heavy atom. The van der Waals surface area contributed by atoms with Crippen LogP contribution in [-0.2, 0) is 11.2 Å². The van der Waals surface area contributed by atoms with E-state index < -0.39 is 5.54 Å². The number of hydrogen-bond acceptors (Lipinski definition) is 3.